The third kappa shape index (κ3) is 2.62. The zero-order valence-electron chi connectivity index (χ0n) is 7.85. The summed E-state index contributed by atoms with van der Waals surface area (Å²) < 4.78 is 1.02. The summed E-state index contributed by atoms with van der Waals surface area (Å²) in [4.78, 5) is 4.05. The third-order valence-corrected chi connectivity index (χ3v) is 3.89. The molecule has 16 heavy (non-hydrogen) atoms. The van der Waals surface area contributed by atoms with Crippen LogP contribution in [0.1, 0.15) is 0 Å². The SMILES string of the molecule is Clc1cc(I)c(-c2ccc(Cl)c(Cl)c2)cn1. The second-order valence-electron chi connectivity index (χ2n) is 3.12. The topological polar surface area (TPSA) is 12.9 Å². The summed E-state index contributed by atoms with van der Waals surface area (Å²) >= 11 is 19.8. The summed E-state index contributed by atoms with van der Waals surface area (Å²) in [5, 5.41) is 1.56. The van der Waals surface area contributed by atoms with Gasteiger partial charge in [-0.2, -0.15) is 0 Å². The molecule has 0 bridgehead atoms. The van der Waals surface area contributed by atoms with Crippen LogP contribution in [0.2, 0.25) is 15.2 Å². The van der Waals surface area contributed by atoms with Gasteiger partial charge in [-0.05, 0) is 46.4 Å². The minimum absolute atomic E-state index is 0.480. The van der Waals surface area contributed by atoms with Crippen LogP contribution in [0, 0.1) is 3.57 Å². The van der Waals surface area contributed by atoms with Crippen LogP contribution < -0.4 is 0 Å². The molecule has 0 atom stereocenters. The van der Waals surface area contributed by atoms with Crippen molar-refractivity contribution in [2.45, 2.75) is 0 Å². The van der Waals surface area contributed by atoms with Gasteiger partial charge in [0, 0.05) is 15.3 Å². The molecule has 0 aliphatic heterocycles. The average molecular weight is 384 g/mol. The van der Waals surface area contributed by atoms with Crippen LogP contribution in [0.15, 0.2) is 30.5 Å². The zero-order chi connectivity index (χ0) is 11.7. The van der Waals surface area contributed by atoms with Crippen molar-refractivity contribution in [1.29, 1.82) is 0 Å². The van der Waals surface area contributed by atoms with E-state index in [1.807, 2.05) is 12.1 Å². The minimum atomic E-state index is 0.480. The Hall–Kier alpha value is -0.0300. The Morgan fingerprint density at radius 1 is 1.00 bits per heavy atom. The first-order valence-corrected chi connectivity index (χ1v) is 6.55. The van der Waals surface area contributed by atoms with E-state index in [1.165, 1.54) is 0 Å². The van der Waals surface area contributed by atoms with Crippen LogP contribution >= 0.6 is 57.4 Å². The average Bonchev–Trinajstić information content (AvgIpc) is 2.22. The van der Waals surface area contributed by atoms with E-state index < -0.39 is 0 Å². The largest absolute Gasteiger partial charge is 0.244 e. The van der Waals surface area contributed by atoms with Gasteiger partial charge in [0.05, 0.1) is 10.0 Å². The second kappa shape index (κ2) is 5.08. The molecule has 0 unspecified atom stereocenters. The van der Waals surface area contributed by atoms with Crippen molar-refractivity contribution in [3.8, 4) is 11.1 Å². The molecule has 0 spiro atoms. The number of nitrogens with zero attached hydrogens (tertiary/aromatic N) is 1. The Morgan fingerprint density at radius 3 is 2.38 bits per heavy atom. The van der Waals surface area contributed by atoms with Crippen molar-refractivity contribution in [1.82, 2.24) is 4.98 Å². The van der Waals surface area contributed by atoms with Gasteiger partial charge in [-0.25, -0.2) is 4.98 Å². The van der Waals surface area contributed by atoms with E-state index in [0.717, 1.165) is 14.7 Å². The molecule has 1 aromatic carbocycles. The van der Waals surface area contributed by atoms with Gasteiger partial charge in [0.1, 0.15) is 5.15 Å². The zero-order valence-corrected chi connectivity index (χ0v) is 12.3. The molecule has 0 saturated heterocycles. The molecular weight excluding hydrogens is 379 g/mol. The number of hydrogen-bond donors (Lipinski definition) is 0. The maximum Gasteiger partial charge on any atom is 0.130 e. The summed E-state index contributed by atoms with van der Waals surface area (Å²) in [6.45, 7) is 0. The van der Waals surface area contributed by atoms with E-state index in [1.54, 1.807) is 18.3 Å². The molecule has 0 aliphatic rings. The van der Waals surface area contributed by atoms with Gasteiger partial charge in [0.15, 0.2) is 0 Å². The quantitative estimate of drug-likeness (QED) is 0.479. The second-order valence-corrected chi connectivity index (χ2v) is 5.48. The smallest absolute Gasteiger partial charge is 0.130 e. The molecule has 2 rings (SSSR count). The van der Waals surface area contributed by atoms with Crippen LogP contribution in [0.4, 0.5) is 0 Å². The highest BCUT2D eigenvalue weighted by Gasteiger charge is 2.06. The molecule has 1 aromatic heterocycles. The Balaban J connectivity index is 2.54. The predicted molar refractivity (Wildman–Crippen MR) is 77.4 cm³/mol. The lowest BCUT2D eigenvalue weighted by Gasteiger charge is -2.05. The first-order valence-electron chi connectivity index (χ1n) is 4.34. The van der Waals surface area contributed by atoms with E-state index in [-0.39, 0.29) is 0 Å². The molecule has 0 N–H and O–H groups in total. The summed E-state index contributed by atoms with van der Waals surface area (Å²) in [5.41, 5.74) is 1.96. The van der Waals surface area contributed by atoms with Crippen LogP contribution in [-0.4, -0.2) is 4.98 Å². The first-order chi connectivity index (χ1) is 7.58. The summed E-state index contributed by atoms with van der Waals surface area (Å²) in [5.74, 6) is 0. The highest BCUT2D eigenvalue weighted by molar-refractivity contribution is 14.1. The number of benzene rings is 1. The van der Waals surface area contributed by atoms with Crippen LogP contribution in [0.5, 0.6) is 0 Å². The van der Waals surface area contributed by atoms with Crippen molar-refractivity contribution >= 4 is 57.4 Å². The number of pyridine rings is 1. The number of aromatic nitrogens is 1. The molecule has 82 valence electrons. The van der Waals surface area contributed by atoms with Gasteiger partial charge >= 0.3 is 0 Å². The lowest BCUT2D eigenvalue weighted by molar-refractivity contribution is 1.31. The van der Waals surface area contributed by atoms with Crippen molar-refractivity contribution in [3.63, 3.8) is 0 Å². The van der Waals surface area contributed by atoms with Crippen LogP contribution in [-0.2, 0) is 0 Å². The molecule has 2 aromatic rings. The van der Waals surface area contributed by atoms with Gasteiger partial charge in [-0.1, -0.05) is 40.9 Å². The minimum Gasteiger partial charge on any atom is -0.244 e. The normalized spacial score (nSPS) is 10.5. The van der Waals surface area contributed by atoms with Crippen LogP contribution in [0.3, 0.4) is 0 Å². The monoisotopic (exact) mass is 383 g/mol. The van der Waals surface area contributed by atoms with E-state index in [2.05, 4.69) is 27.6 Å². The third-order valence-electron chi connectivity index (χ3n) is 2.05. The first kappa shape index (κ1) is 12.4. The number of hydrogen-bond acceptors (Lipinski definition) is 1. The lowest BCUT2D eigenvalue weighted by atomic mass is 10.1. The number of rotatable bonds is 1. The van der Waals surface area contributed by atoms with E-state index in [9.17, 15) is 0 Å². The van der Waals surface area contributed by atoms with Gasteiger partial charge in [0.25, 0.3) is 0 Å². The van der Waals surface area contributed by atoms with Gasteiger partial charge in [-0.3, -0.25) is 0 Å². The molecule has 1 nitrogen and oxygen atoms in total. The Kier molecular flexibility index (Phi) is 3.95. The highest BCUT2D eigenvalue weighted by atomic mass is 127. The maximum absolute atomic E-state index is 5.97. The van der Waals surface area contributed by atoms with Crippen molar-refractivity contribution in [2.75, 3.05) is 0 Å². The van der Waals surface area contributed by atoms with Crippen molar-refractivity contribution in [3.05, 3.63) is 49.2 Å². The lowest BCUT2D eigenvalue weighted by Crippen LogP contribution is -1.86. The van der Waals surface area contributed by atoms with E-state index in [0.29, 0.717) is 15.2 Å². The fourth-order valence-electron chi connectivity index (χ4n) is 1.28. The van der Waals surface area contributed by atoms with Crippen LogP contribution in [0.25, 0.3) is 11.1 Å². The molecular formula is C11H5Cl3IN. The standard InChI is InChI=1S/C11H5Cl3IN/c12-8-2-1-6(3-9(8)13)7-5-16-11(14)4-10(7)15/h1-5H. The van der Waals surface area contributed by atoms with Gasteiger partial charge in [0.2, 0.25) is 0 Å². The van der Waals surface area contributed by atoms with Crippen molar-refractivity contribution < 1.29 is 0 Å². The molecule has 0 aliphatic carbocycles. The molecule has 0 radical (unpaired) electrons. The summed E-state index contributed by atoms with van der Waals surface area (Å²) in [7, 11) is 0. The Bertz CT molecular complexity index is 543. The predicted octanol–water partition coefficient (Wildman–Crippen LogP) is 5.31. The highest BCUT2D eigenvalue weighted by Crippen LogP contribution is 2.31. The molecule has 5 heteroatoms. The Labute approximate surface area is 122 Å². The molecule has 1 heterocycles. The molecule has 0 amide bonds. The maximum atomic E-state index is 5.97. The summed E-state index contributed by atoms with van der Waals surface area (Å²) in [6.07, 6.45) is 1.73. The van der Waals surface area contributed by atoms with Gasteiger partial charge < -0.3 is 0 Å². The fraction of sp³-hybridized carbons (Fsp3) is 0. The number of halogens is 4. The Morgan fingerprint density at radius 2 is 1.75 bits per heavy atom. The van der Waals surface area contributed by atoms with Crippen molar-refractivity contribution in [2.24, 2.45) is 0 Å². The summed E-state index contributed by atoms with van der Waals surface area (Å²) in [6, 6.07) is 7.29. The molecule has 0 fully saturated rings. The fourth-order valence-corrected chi connectivity index (χ4v) is 2.67. The molecule has 0 saturated carbocycles. The van der Waals surface area contributed by atoms with Gasteiger partial charge in [-0.15, -0.1) is 0 Å². The van der Waals surface area contributed by atoms with E-state index in [4.69, 9.17) is 34.8 Å². The van der Waals surface area contributed by atoms with E-state index >= 15 is 0 Å².